The van der Waals surface area contributed by atoms with Crippen LogP contribution < -0.4 is 0 Å². The average molecular weight is 264 g/mol. The molecule has 0 saturated carbocycles. The summed E-state index contributed by atoms with van der Waals surface area (Å²) in [6.07, 6.45) is 3.64. The number of hydrogen-bond donors (Lipinski definition) is 0. The summed E-state index contributed by atoms with van der Waals surface area (Å²) in [6, 6.07) is 9.61. The number of rotatable bonds is 3. The number of hydrogen-bond acceptors (Lipinski definition) is 3. The van der Waals surface area contributed by atoms with E-state index in [0.717, 1.165) is 9.87 Å². The van der Waals surface area contributed by atoms with Crippen molar-refractivity contribution in [3.8, 4) is 0 Å². The van der Waals surface area contributed by atoms with Gasteiger partial charge in [-0.2, -0.15) is 0 Å². The van der Waals surface area contributed by atoms with Crippen LogP contribution in [0.3, 0.4) is 0 Å². The third-order valence-corrected chi connectivity index (χ3v) is 3.78. The second-order valence-corrected chi connectivity index (χ2v) is 5.21. The minimum atomic E-state index is -2.53. The zero-order valence-corrected chi connectivity index (χ0v) is 10.8. The van der Waals surface area contributed by atoms with Crippen molar-refractivity contribution in [3.05, 3.63) is 48.2 Å². The zero-order valence-electron chi connectivity index (χ0n) is 9.98. The van der Waals surface area contributed by atoms with E-state index < -0.39 is 11.3 Å². The fourth-order valence-electron chi connectivity index (χ4n) is 2.07. The summed E-state index contributed by atoms with van der Waals surface area (Å²) >= 11 is -2.53. The zero-order chi connectivity index (χ0) is 13.1. The van der Waals surface area contributed by atoms with Crippen LogP contribution in [-0.2, 0) is 22.5 Å². The van der Waals surface area contributed by atoms with Crippen LogP contribution in [0.5, 0.6) is 0 Å². The lowest BCUT2D eigenvalue weighted by Gasteiger charge is -2.32. The van der Waals surface area contributed by atoms with Crippen LogP contribution in [0.4, 0.5) is 0 Å². The molecule has 96 valence electrons. The Kier molecular flexibility index (Phi) is 3.93. The van der Waals surface area contributed by atoms with Gasteiger partial charge in [0.05, 0.1) is 11.3 Å². The van der Waals surface area contributed by atoms with Gasteiger partial charge in [0.25, 0.3) is 0 Å². The van der Waals surface area contributed by atoms with Crippen molar-refractivity contribution < 1.29 is 13.6 Å². The summed E-state index contributed by atoms with van der Waals surface area (Å²) < 4.78 is 22.6. The highest BCUT2D eigenvalue weighted by Crippen LogP contribution is 2.26. The Bertz CT molecular complexity index is 486. The van der Waals surface area contributed by atoms with E-state index in [0.29, 0.717) is 6.42 Å². The summed E-state index contributed by atoms with van der Waals surface area (Å²) in [5, 5.41) is 0. The van der Waals surface area contributed by atoms with Gasteiger partial charge in [-0.1, -0.05) is 43.3 Å². The van der Waals surface area contributed by atoms with Crippen LogP contribution in [0.1, 0.15) is 12.5 Å². The van der Waals surface area contributed by atoms with Crippen LogP contribution in [0, 0.1) is 11.8 Å². The Morgan fingerprint density at radius 2 is 2.00 bits per heavy atom. The van der Waals surface area contributed by atoms with Crippen molar-refractivity contribution in [1.29, 1.82) is 0 Å². The Hall–Kier alpha value is -1.46. The normalized spacial score (nSPS) is 25.2. The summed E-state index contributed by atoms with van der Waals surface area (Å²) in [7, 11) is 0. The molecule has 2 rings (SSSR count). The second-order valence-electron chi connectivity index (χ2n) is 4.38. The van der Waals surface area contributed by atoms with Gasteiger partial charge in [-0.05, 0) is 17.9 Å². The Labute approximate surface area is 109 Å². The third kappa shape index (κ3) is 2.68. The molecule has 0 radical (unpaired) electrons. The maximum absolute atomic E-state index is 12.1. The third-order valence-electron chi connectivity index (χ3n) is 3.15. The number of allylic oxidation sites excluding steroid dienone is 1. The first-order valence-electron chi connectivity index (χ1n) is 5.74. The number of amides is 1. The summed E-state index contributed by atoms with van der Waals surface area (Å²) in [4.78, 5) is 12.1. The fraction of sp³-hybridized carbons (Fsp3) is 0.308. The molecule has 1 amide bonds. The lowest BCUT2D eigenvalue weighted by molar-refractivity contribution is -0.130. The molecular weight excluding hydrogens is 250 g/mol. The van der Waals surface area contributed by atoms with E-state index in [-0.39, 0.29) is 17.7 Å². The van der Waals surface area contributed by atoms with Gasteiger partial charge in [-0.3, -0.25) is 9.00 Å². The summed E-state index contributed by atoms with van der Waals surface area (Å²) in [6.45, 7) is 1.92. The maximum Gasteiger partial charge on any atom is 0.241 e. The van der Waals surface area contributed by atoms with Crippen LogP contribution >= 0.6 is 0 Å². The van der Waals surface area contributed by atoms with Crippen LogP contribution in [-0.4, -0.2) is 19.0 Å². The highest BCUT2D eigenvalue weighted by atomic mass is 32.2. The predicted octanol–water partition coefficient (Wildman–Crippen LogP) is 1.63. The molecule has 1 aromatic carbocycles. The molecule has 18 heavy (non-hydrogen) atoms. The summed E-state index contributed by atoms with van der Waals surface area (Å²) in [5.74, 6) is -0.644. The first-order chi connectivity index (χ1) is 8.59. The smallest absolute Gasteiger partial charge is 0.241 e. The molecule has 5 heteroatoms. The molecule has 0 aromatic heterocycles. The molecule has 0 saturated heterocycles. The number of nitrogens with zero attached hydrogens (tertiary/aromatic N) is 1. The van der Waals surface area contributed by atoms with Crippen molar-refractivity contribution in [1.82, 2.24) is 4.31 Å². The molecule has 0 aliphatic carbocycles. The topological polar surface area (TPSA) is 60.4 Å². The lowest BCUT2D eigenvalue weighted by atomic mass is 9.85. The number of benzene rings is 1. The molecule has 1 aromatic rings. The van der Waals surface area contributed by atoms with Crippen LogP contribution in [0.2, 0.25) is 0 Å². The quantitative estimate of drug-likeness (QED) is 0.780. The number of carbonyl (C=O) groups is 1. The first kappa shape index (κ1) is 13.0. The van der Waals surface area contributed by atoms with Crippen molar-refractivity contribution >= 4 is 17.2 Å². The SMILES string of the molecule is C[C@H]1C=CN(S(=O)[O-])C(=O)[C@H]1Cc1ccccc1. The second kappa shape index (κ2) is 5.46. The van der Waals surface area contributed by atoms with Crippen molar-refractivity contribution in [2.24, 2.45) is 11.8 Å². The maximum atomic E-state index is 12.1. The Morgan fingerprint density at radius 3 is 2.61 bits per heavy atom. The van der Waals surface area contributed by atoms with Gasteiger partial charge in [-0.15, -0.1) is 0 Å². The molecule has 4 nitrogen and oxygen atoms in total. The minimum absolute atomic E-state index is 0.0394. The molecule has 1 unspecified atom stereocenters. The van der Waals surface area contributed by atoms with Crippen molar-refractivity contribution in [3.63, 3.8) is 0 Å². The first-order valence-corrected chi connectivity index (χ1v) is 6.77. The van der Waals surface area contributed by atoms with Crippen LogP contribution in [0.15, 0.2) is 42.6 Å². The monoisotopic (exact) mass is 264 g/mol. The van der Waals surface area contributed by atoms with Crippen molar-refractivity contribution in [2.75, 3.05) is 0 Å². The highest BCUT2D eigenvalue weighted by Gasteiger charge is 2.31. The molecule has 0 spiro atoms. The van der Waals surface area contributed by atoms with E-state index >= 15 is 0 Å². The summed E-state index contributed by atoms with van der Waals surface area (Å²) in [5.41, 5.74) is 1.04. The van der Waals surface area contributed by atoms with Gasteiger partial charge in [0.2, 0.25) is 5.91 Å². The molecule has 0 N–H and O–H groups in total. The largest absolute Gasteiger partial charge is 0.755 e. The molecule has 3 atom stereocenters. The van der Waals surface area contributed by atoms with Gasteiger partial charge in [0.15, 0.2) is 0 Å². The van der Waals surface area contributed by atoms with E-state index in [1.54, 1.807) is 6.08 Å². The van der Waals surface area contributed by atoms with Gasteiger partial charge in [0.1, 0.15) is 0 Å². The Balaban J connectivity index is 2.19. The average Bonchev–Trinajstić information content (AvgIpc) is 2.35. The van der Waals surface area contributed by atoms with E-state index in [1.807, 2.05) is 37.3 Å². The molecule has 1 aliphatic rings. The molecule has 1 aliphatic heterocycles. The van der Waals surface area contributed by atoms with E-state index in [2.05, 4.69) is 0 Å². The molecular formula is C13H14NO3S-. The van der Waals surface area contributed by atoms with Gasteiger partial charge in [-0.25, -0.2) is 4.31 Å². The fourth-order valence-corrected chi connectivity index (χ4v) is 2.53. The van der Waals surface area contributed by atoms with Gasteiger partial charge < -0.3 is 4.55 Å². The predicted molar refractivity (Wildman–Crippen MR) is 67.7 cm³/mol. The lowest BCUT2D eigenvalue weighted by Crippen LogP contribution is -2.40. The number of carbonyl (C=O) groups excluding carboxylic acids is 1. The van der Waals surface area contributed by atoms with E-state index in [9.17, 15) is 13.6 Å². The molecule has 0 bridgehead atoms. The van der Waals surface area contributed by atoms with E-state index in [1.165, 1.54) is 6.20 Å². The van der Waals surface area contributed by atoms with Gasteiger partial charge >= 0.3 is 0 Å². The van der Waals surface area contributed by atoms with Crippen LogP contribution in [0.25, 0.3) is 0 Å². The standard InChI is InChI=1S/C13H15NO3S/c1-10-7-8-14(18(16)17)13(15)12(10)9-11-5-3-2-4-6-11/h2-8,10,12H,9H2,1H3,(H,16,17)/p-1/t10-,12-/m0/s1. The van der Waals surface area contributed by atoms with E-state index in [4.69, 9.17) is 0 Å². The van der Waals surface area contributed by atoms with Gasteiger partial charge in [0, 0.05) is 12.1 Å². The molecule has 0 fully saturated rings. The molecule has 1 heterocycles. The van der Waals surface area contributed by atoms with Crippen molar-refractivity contribution in [2.45, 2.75) is 13.3 Å². The Morgan fingerprint density at radius 1 is 1.33 bits per heavy atom. The highest BCUT2D eigenvalue weighted by molar-refractivity contribution is 7.77. The minimum Gasteiger partial charge on any atom is -0.755 e.